The van der Waals surface area contributed by atoms with Gasteiger partial charge in [0.2, 0.25) is 0 Å². The van der Waals surface area contributed by atoms with Gasteiger partial charge in [-0.3, -0.25) is 21.0 Å². The average Bonchev–Trinajstić information content (AvgIpc) is 2.46. The Labute approximate surface area is 116 Å². The Bertz CT molecular complexity index is 469. The molecule has 0 heterocycles. The second kappa shape index (κ2) is 6.74. The van der Waals surface area contributed by atoms with Gasteiger partial charge < -0.3 is 5.32 Å². The zero-order valence-corrected chi connectivity index (χ0v) is 11.1. The third-order valence-corrected chi connectivity index (χ3v) is 3.34. The number of non-ortho nitro benzene ring substituents is 1. The molecule has 1 saturated carbocycles. The van der Waals surface area contributed by atoms with Crippen LogP contribution in [0.1, 0.15) is 32.1 Å². The Hall–Kier alpha value is -2.31. The van der Waals surface area contributed by atoms with Gasteiger partial charge in [0.1, 0.15) is 0 Å². The fourth-order valence-electron chi connectivity index (χ4n) is 2.26. The van der Waals surface area contributed by atoms with Crippen LogP contribution in [0.15, 0.2) is 24.3 Å². The maximum Gasteiger partial charge on any atom is 0.333 e. The van der Waals surface area contributed by atoms with Crippen LogP contribution in [0.2, 0.25) is 0 Å². The number of hydrogen-bond acceptors (Lipinski definition) is 4. The summed E-state index contributed by atoms with van der Waals surface area (Å²) in [5, 5.41) is 13.4. The molecule has 0 aromatic heterocycles. The topological polar surface area (TPSA) is 96.3 Å². The van der Waals surface area contributed by atoms with Crippen LogP contribution < -0.4 is 16.2 Å². The van der Waals surface area contributed by atoms with Crippen molar-refractivity contribution in [2.75, 3.05) is 5.43 Å². The number of hydrazine groups is 1. The summed E-state index contributed by atoms with van der Waals surface area (Å²) in [5.41, 5.74) is 5.85. The lowest BCUT2D eigenvalue weighted by atomic mass is 9.96. The Morgan fingerprint density at radius 2 is 1.80 bits per heavy atom. The summed E-state index contributed by atoms with van der Waals surface area (Å²) in [5.74, 6) is 0. The molecule has 20 heavy (non-hydrogen) atoms. The Balaban J connectivity index is 1.76. The number of rotatable bonds is 4. The maximum atomic E-state index is 11.7. The molecule has 0 unspecified atom stereocenters. The minimum Gasteiger partial charge on any atom is -0.334 e. The first-order valence-electron chi connectivity index (χ1n) is 6.72. The van der Waals surface area contributed by atoms with Gasteiger partial charge in [-0.05, 0) is 25.0 Å². The molecular formula is C13H18N4O3. The van der Waals surface area contributed by atoms with Gasteiger partial charge in [0.05, 0.1) is 10.6 Å². The van der Waals surface area contributed by atoms with Crippen LogP contribution in [0.5, 0.6) is 0 Å². The van der Waals surface area contributed by atoms with Crippen LogP contribution in [0, 0.1) is 10.1 Å². The summed E-state index contributed by atoms with van der Waals surface area (Å²) >= 11 is 0. The standard InChI is InChI=1S/C13H18N4O3/c18-13(14-10-4-2-1-3-5-10)16-15-11-6-8-12(9-7-11)17(19)20/h6-10,15H,1-5H2,(H2,14,16,18). The fraction of sp³-hybridized carbons (Fsp3) is 0.462. The second-order valence-electron chi connectivity index (χ2n) is 4.86. The summed E-state index contributed by atoms with van der Waals surface area (Å²) in [6, 6.07) is 5.79. The molecule has 2 amide bonds. The number of nitrogens with one attached hydrogen (secondary N) is 3. The van der Waals surface area contributed by atoms with Crippen LogP contribution in [0.25, 0.3) is 0 Å². The molecule has 1 aromatic carbocycles. The molecule has 7 nitrogen and oxygen atoms in total. The van der Waals surface area contributed by atoms with Gasteiger partial charge in [-0.25, -0.2) is 4.79 Å². The predicted molar refractivity (Wildman–Crippen MR) is 75.3 cm³/mol. The van der Waals surface area contributed by atoms with E-state index in [2.05, 4.69) is 16.2 Å². The van der Waals surface area contributed by atoms with E-state index in [4.69, 9.17) is 0 Å². The Morgan fingerprint density at radius 3 is 2.40 bits per heavy atom. The zero-order valence-electron chi connectivity index (χ0n) is 11.1. The smallest absolute Gasteiger partial charge is 0.333 e. The van der Waals surface area contributed by atoms with Crippen LogP contribution in [0.4, 0.5) is 16.2 Å². The van der Waals surface area contributed by atoms with E-state index in [1.165, 1.54) is 18.6 Å². The van der Waals surface area contributed by atoms with Gasteiger partial charge in [-0.2, -0.15) is 0 Å². The number of nitrogens with zero attached hydrogens (tertiary/aromatic N) is 1. The molecule has 1 aromatic rings. The van der Waals surface area contributed by atoms with Gasteiger partial charge in [-0.15, -0.1) is 0 Å². The van der Waals surface area contributed by atoms with E-state index in [9.17, 15) is 14.9 Å². The quantitative estimate of drug-likeness (QED) is 0.582. The molecule has 3 N–H and O–H groups in total. The van der Waals surface area contributed by atoms with Gasteiger partial charge in [-0.1, -0.05) is 19.3 Å². The van der Waals surface area contributed by atoms with Gasteiger partial charge in [0.25, 0.3) is 5.69 Å². The molecule has 1 aliphatic carbocycles. The van der Waals surface area contributed by atoms with Gasteiger partial charge in [0.15, 0.2) is 0 Å². The van der Waals surface area contributed by atoms with Crippen molar-refractivity contribution < 1.29 is 9.72 Å². The van der Waals surface area contributed by atoms with Crippen molar-refractivity contribution in [2.45, 2.75) is 38.1 Å². The van der Waals surface area contributed by atoms with Gasteiger partial charge >= 0.3 is 6.03 Å². The van der Waals surface area contributed by atoms with E-state index in [1.54, 1.807) is 12.1 Å². The lowest BCUT2D eigenvalue weighted by molar-refractivity contribution is -0.384. The predicted octanol–water partition coefficient (Wildman–Crippen LogP) is 2.55. The highest BCUT2D eigenvalue weighted by Gasteiger charge is 2.15. The van der Waals surface area contributed by atoms with Crippen molar-refractivity contribution in [3.05, 3.63) is 34.4 Å². The normalized spacial score (nSPS) is 15.4. The third kappa shape index (κ3) is 4.11. The monoisotopic (exact) mass is 278 g/mol. The number of hydrogen-bond donors (Lipinski definition) is 3. The highest BCUT2D eigenvalue weighted by Crippen LogP contribution is 2.17. The molecule has 0 saturated heterocycles. The van der Waals surface area contributed by atoms with Gasteiger partial charge in [0, 0.05) is 18.2 Å². The van der Waals surface area contributed by atoms with E-state index in [1.807, 2.05) is 0 Å². The zero-order chi connectivity index (χ0) is 14.4. The molecule has 0 radical (unpaired) electrons. The third-order valence-electron chi connectivity index (χ3n) is 3.34. The second-order valence-corrected chi connectivity index (χ2v) is 4.86. The van der Waals surface area contributed by atoms with Crippen molar-refractivity contribution in [1.29, 1.82) is 0 Å². The van der Waals surface area contributed by atoms with Crippen molar-refractivity contribution in [3.8, 4) is 0 Å². The molecular weight excluding hydrogens is 260 g/mol. The summed E-state index contributed by atoms with van der Waals surface area (Å²) in [6.07, 6.45) is 5.58. The summed E-state index contributed by atoms with van der Waals surface area (Å²) in [6.45, 7) is 0. The molecule has 0 spiro atoms. The van der Waals surface area contributed by atoms with Crippen LogP contribution in [-0.4, -0.2) is 17.0 Å². The average molecular weight is 278 g/mol. The highest BCUT2D eigenvalue weighted by atomic mass is 16.6. The lowest BCUT2D eigenvalue weighted by Crippen LogP contribution is -2.44. The van der Waals surface area contributed by atoms with Crippen LogP contribution in [-0.2, 0) is 0 Å². The minimum absolute atomic E-state index is 0.0159. The molecule has 1 aliphatic rings. The van der Waals surface area contributed by atoms with Crippen LogP contribution in [0.3, 0.4) is 0 Å². The van der Waals surface area contributed by atoms with E-state index < -0.39 is 4.92 Å². The minimum atomic E-state index is -0.465. The first-order chi connectivity index (χ1) is 9.65. The van der Waals surface area contributed by atoms with E-state index in [0.29, 0.717) is 5.69 Å². The number of anilines is 1. The molecule has 1 fully saturated rings. The fourth-order valence-corrected chi connectivity index (χ4v) is 2.26. The molecule has 7 heteroatoms. The number of carbonyl (C=O) groups is 1. The molecule has 0 atom stereocenters. The SMILES string of the molecule is O=C(NNc1ccc([N+](=O)[O-])cc1)NC1CCCCC1. The number of urea groups is 1. The van der Waals surface area contributed by atoms with Crippen molar-refractivity contribution in [3.63, 3.8) is 0 Å². The number of nitro groups is 1. The van der Waals surface area contributed by atoms with Crippen molar-refractivity contribution >= 4 is 17.4 Å². The summed E-state index contributed by atoms with van der Waals surface area (Å²) < 4.78 is 0. The van der Waals surface area contributed by atoms with Crippen molar-refractivity contribution in [1.82, 2.24) is 10.7 Å². The van der Waals surface area contributed by atoms with E-state index >= 15 is 0 Å². The first kappa shape index (κ1) is 14.1. The van der Waals surface area contributed by atoms with Crippen molar-refractivity contribution in [2.24, 2.45) is 0 Å². The van der Waals surface area contributed by atoms with E-state index in [-0.39, 0.29) is 17.8 Å². The largest absolute Gasteiger partial charge is 0.334 e. The lowest BCUT2D eigenvalue weighted by Gasteiger charge is -2.23. The Kier molecular flexibility index (Phi) is 4.75. The number of benzene rings is 1. The molecule has 0 aliphatic heterocycles. The number of carbonyl (C=O) groups excluding carboxylic acids is 1. The molecule has 108 valence electrons. The molecule has 2 rings (SSSR count). The summed E-state index contributed by atoms with van der Waals surface area (Å²) in [7, 11) is 0. The molecule has 0 bridgehead atoms. The van der Waals surface area contributed by atoms with Crippen LogP contribution >= 0.6 is 0 Å². The number of nitro benzene ring substituents is 1. The first-order valence-corrected chi connectivity index (χ1v) is 6.72. The Morgan fingerprint density at radius 1 is 1.15 bits per heavy atom. The van der Waals surface area contributed by atoms with E-state index in [0.717, 1.165) is 25.7 Å². The maximum absolute atomic E-state index is 11.7. The number of amides is 2. The highest BCUT2D eigenvalue weighted by molar-refractivity contribution is 5.75. The summed E-state index contributed by atoms with van der Waals surface area (Å²) in [4.78, 5) is 21.7.